The molecule has 0 spiro atoms. The SMILES string of the molecule is CC(=O)c1ccc(-c2ccc(/C=C3/SC(=O)N(CC(=O)Nc4cc(Cl)ccc4C)C3=O)o2)cc1. The summed E-state index contributed by atoms with van der Waals surface area (Å²) in [6, 6.07) is 15.4. The maximum atomic E-state index is 12.7. The molecule has 0 radical (unpaired) electrons. The first-order valence-corrected chi connectivity index (χ1v) is 11.4. The zero-order valence-corrected chi connectivity index (χ0v) is 19.8. The van der Waals surface area contributed by atoms with E-state index >= 15 is 0 Å². The number of nitrogens with zero attached hydrogens (tertiary/aromatic N) is 1. The van der Waals surface area contributed by atoms with Crippen LogP contribution in [0.15, 0.2) is 63.9 Å². The topological polar surface area (TPSA) is 96.7 Å². The lowest BCUT2D eigenvalue weighted by atomic mass is 10.1. The third kappa shape index (κ3) is 5.13. The fourth-order valence-electron chi connectivity index (χ4n) is 3.28. The standard InChI is InChI=1S/C25H19ClN2O5S/c1-14-3-8-18(26)11-20(14)27-23(30)13-28-24(31)22(34-25(28)32)12-19-9-10-21(33-19)17-6-4-16(5-7-17)15(2)29/h3-12H,13H2,1-2H3,(H,27,30)/b22-12+. The van der Waals surface area contributed by atoms with Crippen molar-refractivity contribution in [2.75, 3.05) is 11.9 Å². The number of nitrogens with one attached hydrogen (secondary N) is 1. The van der Waals surface area contributed by atoms with Crippen LogP contribution in [-0.2, 0) is 9.59 Å². The lowest BCUT2D eigenvalue weighted by Crippen LogP contribution is -2.36. The van der Waals surface area contributed by atoms with Gasteiger partial charge in [0.15, 0.2) is 5.78 Å². The number of carbonyl (C=O) groups is 4. The van der Waals surface area contributed by atoms with Gasteiger partial charge in [-0.05, 0) is 55.4 Å². The molecule has 0 bridgehead atoms. The van der Waals surface area contributed by atoms with E-state index in [4.69, 9.17) is 16.0 Å². The number of benzene rings is 2. The first-order valence-electron chi connectivity index (χ1n) is 10.2. The second-order valence-corrected chi connectivity index (χ2v) is 9.04. The van der Waals surface area contributed by atoms with E-state index in [2.05, 4.69) is 5.32 Å². The summed E-state index contributed by atoms with van der Waals surface area (Å²) in [4.78, 5) is 50.0. The van der Waals surface area contributed by atoms with E-state index in [0.717, 1.165) is 27.8 Å². The van der Waals surface area contributed by atoms with Crippen LogP contribution in [0.3, 0.4) is 0 Å². The summed E-state index contributed by atoms with van der Waals surface area (Å²) in [6.45, 7) is 2.89. The number of imide groups is 1. The van der Waals surface area contributed by atoms with Gasteiger partial charge in [-0.1, -0.05) is 41.9 Å². The molecule has 172 valence electrons. The molecule has 1 aliphatic rings. The van der Waals surface area contributed by atoms with Gasteiger partial charge < -0.3 is 9.73 Å². The Morgan fingerprint density at radius 2 is 1.82 bits per heavy atom. The highest BCUT2D eigenvalue weighted by Gasteiger charge is 2.36. The van der Waals surface area contributed by atoms with E-state index in [1.165, 1.54) is 13.0 Å². The molecule has 1 aromatic heterocycles. The molecule has 1 aliphatic heterocycles. The molecule has 7 nitrogen and oxygen atoms in total. The van der Waals surface area contributed by atoms with Crippen LogP contribution in [0.2, 0.25) is 5.02 Å². The maximum absolute atomic E-state index is 12.7. The molecular formula is C25H19ClN2O5S. The largest absolute Gasteiger partial charge is 0.457 e. The molecule has 9 heteroatoms. The van der Waals surface area contributed by atoms with Crippen molar-refractivity contribution in [2.45, 2.75) is 13.8 Å². The number of hydrogen-bond acceptors (Lipinski definition) is 6. The van der Waals surface area contributed by atoms with E-state index < -0.39 is 23.6 Å². The Balaban J connectivity index is 1.45. The number of halogens is 1. The van der Waals surface area contributed by atoms with Crippen LogP contribution in [0.25, 0.3) is 17.4 Å². The summed E-state index contributed by atoms with van der Waals surface area (Å²) in [6.07, 6.45) is 1.47. The van der Waals surface area contributed by atoms with Crippen molar-refractivity contribution in [3.8, 4) is 11.3 Å². The average molecular weight is 495 g/mol. The van der Waals surface area contributed by atoms with Gasteiger partial charge in [-0.3, -0.25) is 24.1 Å². The van der Waals surface area contributed by atoms with Gasteiger partial charge in [0.2, 0.25) is 5.91 Å². The number of Topliss-reactive ketones (excluding diaryl/α,β-unsaturated/α-hetero) is 1. The molecule has 3 aromatic rings. The number of aryl methyl sites for hydroxylation is 1. The van der Waals surface area contributed by atoms with Crippen molar-refractivity contribution in [3.63, 3.8) is 0 Å². The maximum Gasteiger partial charge on any atom is 0.294 e. The second-order valence-electron chi connectivity index (χ2n) is 7.61. The number of rotatable bonds is 6. The molecule has 2 heterocycles. The normalized spacial score (nSPS) is 14.7. The van der Waals surface area contributed by atoms with Gasteiger partial charge in [-0.15, -0.1) is 0 Å². The van der Waals surface area contributed by atoms with Gasteiger partial charge in [0.1, 0.15) is 18.1 Å². The highest BCUT2D eigenvalue weighted by atomic mass is 35.5. The van der Waals surface area contributed by atoms with Crippen molar-refractivity contribution in [1.29, 1.82) is 0 Å². The lowest BCUT2D eigenvalue weighted by Gasteiger charge is -2.13. The molecule has 0 atom stereocenters. The third-order valence-electron chi connectivity index (χ3n) is 5.13. The van der Waals surface area contributed by atoms with Gasteiger partial charge >= 0.3 is 0 Å². The Kier molecular flexibility index (Phi) is 6.72. The average Bonchev–Trinajstić information content (AvgIpc) is 3.37. The van der Waals surface area contributed by atoms with Gasteiger partial charge in [-0.2, -0.15) is 0 Å². The number of furan rings is 1. The van der Waals surface area contributed by atoms with Crippen molar-refractivity contribution < 1.29 is 23.6 Å². The number of amides is 3. The van der Waals surface area contributed by atoms with Crippen LogP contribution in [-0.4, -0.2) is 34.3 Å². The first kappa shape index (κ1) is 23.5. The Hall–Kier alpha value is -3.62. The van der Waals surface area contributed by atoms with Crippen LogP contribution in [0.4, 0.5) is 10.5 Å². The van der Waals surface area contributed by atoms with E-state index in [1.807, 2.05) is 6.92 Å². The minimum Gasteiger partial charge on any atom is -0.457 e. The van der Waals surface area contributed by atoms with E-state index in [0.29, 0.717) is 27.8 Å². The van der Waals surface area contributed by atoms with Crippen molar-refractivity contribution in [2.24, 2.45) is 0 Å². The molecule has 34 heavy (non-hydrogen) atoms. The van der Waals surface area contributed by atoms with Gasteiger partial charge in [-0.25, -0.2) is 0 Å². The number of anilines is 1. The Morgan fingerprint density at radius 3 is 2.53 bits per heavy atom. The number of ketones is 1. The van der Waals surface area contributed by atoms with E-state index in [9.17, 15) is 19.2 Å². The van der Waals surface area contributed by atoms with E-state index in [1.54, 1.807) is 54.6 Å². The fraction of sp³-hybridized carbons (Fsp3) is 0.120. The first-order chi connectivity index (χ1) is 16.2. The molecule has 0 saturated carbocycles. The minimum atomic E-state index is -0.572. The molecular weight excluding hydrogens is 476 g/mol. The summed E-state index contributed by atoms with van der Waals surface area (Å²) >= 11 is 6.71. The van der Waals surface area contributed by atoms with Crippen LogP contribution in [0.1, 0.15) is 28.6 Å². The fourth-order valence-corrected chi connectivity index (χ4v) is 4.27. The predicted octanol–water partition coefficient (Wildman–Crippen LogP) is 5.79. The van der Waals surface area contributed by atoms with Gasteiger partial charge in [0, 0.05) is 27.9 Å². The second kappa shape index (κ2) is 9.70. The number of thioether (sulfide) groups is 1. The third-order valence-corrected chi connectivity index (χ3v) is 6.27. The van der Waals surface area contributed by atoms with Crippen molar-refractivity contribution in [3.05, 3.63) is 81.4 Å². The molecule has 1 N–H and O–H groups in total. The molecule has 0 aliphatic carbocycles. The van der Waals surface area contributed by atoms with Gasteiger partial charge in [0.25, 0.3) is 11.1 Å². The molecule has 3 amide bonds. The summed E-state index contributed by atoms with van der Waals surface area (Å²) in [5.41, 5.74) is 2.68. The quantitative estimate of drug-likeness (QED) is 0.344. The lowest BCUT2D eigenvalue weighted by molar-refractivity contribution is -0.127. The van der Waals surface area contributed by atoms with E-state index in [-0.39, 0.29) is 10.7 Å². The zero-order valence-electron chi connectivity index (χ0n) is 18.3. The molecule has 4 rings (SSSR count). The Labute approximate surface area is 204 Å². The molecule has 1 saturated heterocycles. The van der Waals surface area contributed by atoms with Crippen molar-refractivity contribution in [1.82, 2.24) is 4.90 Å². The predicted molar refractivity (Wildman–Crippen MR) is 132 cm³/mol. The van der Waals surface area contributed by atoms with Crippen LogP contribution in [0, 0.1) is 6.92 Å². The number of hydrogen-bond donors (Lipinski definition) is 1. The van der Waals surface area contributed by atoms with Crippen molar-refractivity contribution >= 4 is 58.0 Å². The summed E-state index contributed by atoms with van der Waals surface area (Å²) in [7, 11) is 0. The van der Waals surface area contributed by atoms with Crippen LogP contribution >= 0.6 is 23.4 Å². The van der Waals surface area contributed by atoms with Crippen LogP contribution in [0.5, 0.6) is 0 Å². The van der Waals surface area contributed by atoms with Crippen LogP contribution < -0.4 is 5.32 Å². The highest BCUT2D eigenvalue weighted by Crippen LogP contribution is 2.33. The molecule has 2 aromatic carbocycles. The summed E-state index contributed by atoms with van der Waals surface area (Å²) in [5.74, 6) is -0.175. The summed E-state index contributed by atoms with van der Waals surface area (Å²) < 4.78 is 5.79. The van der Waals surface area contributed by atoms with Gasteiger partial charge in [0.05, 0.1) is 4.91 Å². The monoisotopic (exact) mass is 494 g/mol. The Morgan fingerprint density at radius 1 is 1.09 bits per heavy atom. The zero-order chi connectivity index (χ0) is 24.4. The summed E-state index contributed by atoms with van der Waals surface area (Å²) in [5, 5.41) is 2.60. The molecule has 1 fully saturated rings. The molecule has 0 unspecified atom stereocenters. The Bertz CT molecular complexity index is 1340. The smallest absolute Gasteiger partial charge is 0.294 e. The number of carbonyl (C=O) groups excluding carboxylic acids is 4. The highest BCUT2D eigenvalue weighted by molar-refractivity contribution is 8.18. The minimum absolute atomic E-state index is 0.0289.